The molecule has 149 heavy (non-hydrogen) atoms. The fourth-order valence-electron chi connectivity index (χ4n) is 20.8. The molecule has 0 saturated heterocycles. The number of carbonyl (C=O) groups is 5. The minimum Gasteiger partial charge on any atom is -0.480 e. The lowest BCUT2D eigenvalue weighted by molar-refractivity contribution is -0.147. The maximum atomic E-state index is 15.1. The topological polar surface area (TPSA) is 509 Å². The van der Waals surface area contributed by atoms with Gasteiger partial charge in [0, 0.05) is 161 Å². The summed E-state index contributed by atoms with van der Waals surface area (Å²) in [5, 5.41) is 61.7. The van der Waals surface area contributed by atoms with Crippen LogP contribution in [0.2, 0.25) is 20.1 Å². The number of nitrogens with two attached hydrogens (primary N) is 1. The number of fused-ring (bicyclic) bond motifs is 12. The number of aliphatic imine (C=N–C) groups is 2. The van der Waals surface area contributed by atoms with Crippen LogP contribution in [0.1, 0.15) is 172 Å². The van der Waals surface area contributed by atoms with Gasteiger partial charge in [0.1, 0.15) is 66.0 Å². The third kappa shape index (κ3) is 19.0. The second-order valence-electron chi connectivity index (χ2n) is 39.1. The molecule has 48 heteroatoms. The Bertz CT molecular complexity index is 8500. The minimum atomic E-state index is -1.15. The van der Waals surface area contributed by atoms with E-state index in [0.29, 0.717) is 101 Å². The molecule has 25 rings (SSSR count). The molecule has 6 aliphatic heterocycles. The number of ether oxygens (including phenoxy) is 3. The number of carboxylic acid groups (broad SMARTS) is 1. The number of benzene rings is 4. The highest BCUT2D eigenvalue weighted by atomic mass is 35.5. The Morgan fingerprint density at radius 3 is 1.12 bits per heavy atom. The number of pyridine rings is 7. The fourth-order valence-corrected chi connectivity index (χ4v) is 21.5. The van der Waals surface area contributed by atoms with Crippen molar-refractivity contribution >= 4 is 116 Å². The summed E-state index contributed by atoms with van der Waals surface area (Å²) in [5.41, 5.74) is 18.1. The van der Waals surface area contributed by atoms with E-state index in [1.165, 1.54) is 72.8 Å². The van der Waals surface area contributed by atoms with Gasteiger partial charge in [0.2, 0.25) is 23.6 Å². The molecule has 4 saturated carbocycles. The number of aromatic nitrogens is 23. The highest BCUT2D eigenvalue weighted by molar-refractivity contribution is 6.32. The third-order valence-corrected chi connectivity index (χ3v) is 28.3. The van der Waals surface area contributed by atoms with E-state index in [9.17, 15) is 57.0 Å². The van der Waals surface area contributed by atoms with Gasteiger partial charge >= 0.3 is 24.1 Å². The van der Waals surface area contributed by atoms with Crippen LogP contribution in [0.25, 0.3) is 78.4 Å². The number of rotatable bonds is 19. The first-order valence-corrected chi connectivity index (χ1v) is 48.4. The number of hydrogen-bond donors (Lipinski definition) is 4. The smallest absolute Gasteiger partial charge is 0.413 e. The largest absolute Gasteiger partial charge is 0.480 e. The van der Waals surface area contributed by atoms with Crippen molar-refractivity contribution in [3.8, 4) is 67.3 Å². The SMILES string of the molecule is CC(C)(C)OC(=O)Nc1ccc(C(=O)COC(=O)[C@@H]2[C@H]3C[C@H]3c3cc(-c4cc(Cl)ccc4-n4cnnn4)cc(=O)n32)c(F)n1.CC(C)(C)OC(=O)Nc1ccc(C2=CN=C([C@@H]3[C@H]4C[C@H]4c4cc(-c5cc(Cl)ccc5-n5cnnn5)cc(=O)n43)C2)c(F)n1.Nc1ccc(C2=CN=C([C@@H]3[C@H]4C[C@H]4c4cc(-c5cc(Cl)ccc5-n5cnnn5)cc(=O)n43)C2)c(F)n1.O=C(O)[C@@H]1[C@H]2C[C@H]2c2cc(-c3cc(Cl)ccc3-n3cnnn3)cc(=O)n21. The van der Waals surface area contributed by atoms with Gasteiger partial charge in [-0.1, -0.05) is 46.4 Å². The molecular formula is C101H81Cl4F3N28O13. The predicted octanol–water partition coefficient (Wildman–Crippen LogP) is 15.4. The van der Waals surface area contributed by atoms with Crippen molar-refractivity contribution in [3.05, 3.63) is 314 Å². The van der Waals surface area contributed by atoms with E-state index >= 15 is 4.39 Å². The van der Waals surface area contributed by atoms with Crippen LogP contribution < -0.4 is 38.6 Å². The Hall–Kier alpha value is -16.9. The summed E-state index contributed by atoms with van der Waals surface area (Å²) < 4.78 is 72.2. The molecule has 2 amide bonds. The molecule has 0 unspecified atom stereocenters. The van der Waals surface area contributed by atoms with Crippen molar-refractivity contribution < 1.29 is 56.5 Å². The number of hydrogen-bond acceptors (Lipinski definition) is 30. The number of ketones is 1. The summed E-state index contributed by atoms with van der Waals surface area (Å²) in [6.45, 7) is 9.45. The van der Waals surface area contributed by atoms with Gasteiger partial charge in [-0.2, -0.15) is 31.9 Å². The van der Waals surface area contributed by atoms with Gasteiger partial charge in [-0.15, -0.1) is 20.4 Å². The maximum Gasteiger partial charge on any atom is 0.413 e. The second-order valence-corrected chi connectivity index (χ2v) is 40.9. The van der Waals surface area contributed by atoms with Crippen LogP contribution in [-0.4, -0.2) is 178 Å². The number of carbonyl (C=O) groups excluding carboxylic acids is 4. The zero-order valence-corrected chi connectivity index (χ0v) is 82.1. The Morgan fingerprint density at radius 2 is 0.758 bits per heavy atom. The quantitative estimate of drug-likeness (QED) is 0.0253. The lowest BCUT2D eigenvalue weighted by atomic mass is 9.98. The van der Waals surface area contributed by atoms with E-state index in [2.05, 4.69) is 104 Å². The van der Waals surface area contributed by atoms with Crippen molar-refractivity contribution in [2.75, 3.05) is 23.0 Å². The average Bonchev–Trinajstić information content (AvgIpc) is 1.56. The fraction of sp³-hybridized carbons (Fsp3) is 0.267. The summed E-state index contributed by atoms with van der Waals surface area (Å²) in [6, 6.07) is 41.6. The molecule has 15 aromatic rings. The average molecular weight is 2090 g/mol. The molecule has 5 N–H and O–H groups in total. The minimum absolute atomic E-state index is 0.00815. The lowest BCUT2D eigenvalue weighted by Crippen LogP contribution is -2.32. The van der Waals surface area contributed by atoms with Crippen LogP contribution in [0.4, 0.5) is 40.2 Å². The summed E-state index contributed by atoms with van der Waals surface area (Å²) in [6.07, 6.45) is 11.9. The molecule has 4 aliphatic carbocycles. The molecule has 0 spiro atoms. The number of Topliss-reactive ketones (excluding diaryl/α,β-unsaturated/α-hetero) is 1. The number of aliphatic carboxylic acids is 1. The molecule has 0 radical (unpaired) electrons. The van der Waals surface area contributed by atoms with E-state index in [4.69, 9.17) is 66.3 Å². The first kappa shape index (κ1) is 96.9. The number of allylic oxidation sites excluding steroid dienone is 2. The summed E-state index contributed by atoms with van der Waals surface area (Å²) in [4.78, 5) is 135. The van der Waals surface area contributed by atoms with E-state index in [1.54, 1.807) is 144 Å². The van der Waals surface area contributed by atoms with E-state index in [-0.39, 0.29) is 93.2 Å². The number of nitrogens with zero attached hydrogens (tertiary/aromatic N) is 25. The van der Waals surface area contributed by atoms with E-state index in [1.807, 2.05) is 45.5 Å². The van der Waals surface area contributed by atoms with Crippen LogP contribution >= 0.6 is 46.4 Å². The van der Waals surface area contributed by atoms with Crippen LogP contribution in [0.3, 0.4) is 0 Å². The second kappa shape index (κ2) is 37.9. The number of halogens is 7. The molecule has 752 valence electrons. The predicted molar refractivity (Wildman–Crippen MR) is 535 cm³/mol. The molecule has 4 fully saturated rings. The van der Waals surface area contributed by atoms with Gasteiger partial charge in [0.05, 0.1) is 40.4 Å². The third-order valence-electron chi connectivity index (χ3n) is 27.3. The van der Waals surface area contributed by atoms with Gasteiger partial charge in [0.15, 0.2) is 6.61 Å². The van der Waals surface area contributed by atoms with Crippen molar-refractivity contribution in [1.82, 2.24) is 114 Å². The normalized spacial score (nSPS) is 20.4. The summed E-state index contributed by atoms with van der Waals surface area (Å²) in [5.74, 6) is -4.06. The lowest BCUT2D eigenvalue weighted by Gasteiger charge is -2.20. The number of nitrogens with one attached hydrogen (secondary N) is 2. The molecule has 11 aromatic heterocycles. The number of esters is 1. The maximum absolute atomic E-state index is 15.1. The number of tetrazole rings is 4. The van der Waals surface area contributed by atoms with E-state index < -0.39 is 88.8 Å². The van der Waals surface area contributed by atoms with Crippen molar-refractivity contribution in [2.45, 2.75) is 139 Å². The van der Waals surface area contributed by atoms with Gasteiger partial charge in [-0.25, -0.2) is 34.1 Å². The molecule has 0 bridgehead atoms. The standard InChI is InChI=1S/C30H26ClFN8O3.C29H25ClFN7O6.C25H18ClFN8O.C17H12ClN5O3/c1-30(2,3)43-29(42)36-25-7-5-18(28(32)35-25)16-8-22(33-13-16)27-21-12-20(21)24-9-15(10-26(41)40(24)27)19-11-17(31)4-6-23(19)39-14-34-37-38-39;1-29(2,3)44-28(42)34-23-7-5-16(26(31)33-23)22(39)12-43-27(41)25-19-11-18(19)21-8-14(9-24(40)38(21)25)17-10-15(30)4-6-20(17)37-13-32-35-36-37;26-14-1-3-20(34-11-30-32-33-34)16(8-14)12-6-21-17-9-18(17)24(35(21)23(36)7-12)19-5-13(10-29-19)15-2-4-22(28)31-25(15)27;18-9-1-2-13(22-7-19-20-21-22)10(5-9)8-3-14-11-6-12(11)16(17(25)26)23(14)15(24)4-8/h4-7,9-11,13-14,20-21,27H,8,12H2,1-3H3,(H,35,36,42);4-10,13,18-19,25H,11-12H2,1-3H3,(H,33,34,42);1-4,6-8,10-11,17-18,24H,5,9H2,(H2,28,31);1-5,7,11-12,16H,6H2,(H,25,26)/t20-,21+,27+;18-,19+,25+;17-,18+,24+;11-,12+,16+/m1111/s1. The molecule has 17 heterocycles. The number of nitrogen functional groups attached to an aromatic ring is 1. The molecule has 12 atom stereocenters. The Kier molecular flexibility index (Phi) is 24.6. The van der Waals surface area contributed by atoms with Gasteiger partial charge < -0.3 is 34.2 Å². The Balaban J connectivity index is 0.000000114. The zero-order chi connectivity index (χ0) is 104. The van der Waals surface area contributed by atoms with Gasteiger partial charge in [-0.05, 0) is 299 Å². The molecular weight excluding hydrogens is 2010 g/mol. The van der Waals surface area contributed by atoms with Crippen LogP contribution in [0, 0.1) is 41.5 Å². The van der Waals surface area contributed by atoms with E-state index in [0.717, 1.165) is 87.3 Å². The molecule has 10 aliphatic rings. The first-order valence-electron chi connectivity index (χ1n) is 46.9. The zero-order valence-electron chi connectivity index (χ0n) is 79.1. The molecule has 41 nitrogen and oxygen atoms in total. The first-order chi connectivity index (χ1) is 71.5. The van der Waals surface area contributed by atoms with Crippen LogP contribution in [0.15, 0.2) is 225 Å². The highest BCUT2D eigenvalue weighted by Crippen LogP contribution is 2.64. The number of amides is 2. The van der Waals surface area contributed by atoms with Crippen molar-refractivity contribution in [2.24, 2.45) is 33.7 Å². The van der Waals surface area contributed by atoms with Crippen LogP contribution in [-0.2, 0) is 23.8 Å². The monoisotopic (exact) mass is 2090 g/mol. The van der Waals surface area contributed by atoms with Crippen molar-refractivity contribution in [1.29, 1.82) is 0 Å². The Morgan fingerprint density at radius 1 is 0.416 bits per heavy atom. The van der Waals surface area contributed by atoms with Gasteiger partial charge in [0.25, 0.3) is 22.2 Å². The Labute approximate surface area is 859 Å². The number of carboxylic acids is 1. The highest BCUT2D eigenvalue weighted by Gasteiger charge is 2.59. The van der Waals surface area contributed by atoms with Gasteiger partial charge in [-0.3, -0.25) is 53.7 Å². The van der Waals surface area contributed by atoms with Crippen molar-refractivity contribution in [3.63, 3.8) is 0 Å². The number of anilines is 3. The summed E-state index contributed by atoms with van der Waals surface area (Å²) in [7, 11) is 0. The summed E-state index contributed by atoms with van der Waals surface area (Å²) >= 11 is 25.1. The molecule has 4 aromatic carbocycles. The van der Waals surface area contributed by atoms with Crippen LogP contribution in [0.5, 0.6) is 0 Å².